The third-order valence-corrected chi connectivity index (χ3v) is 2.41. The average molecular weight is 252 g/mol. The maximum atomic E-state index is 11.6. The van der Waals surface area contributed by atoms with Crippen LogP contribution in [-0.2, 0) is 4.79 Å². The van der Waals surface area contributed by atoms with Crippen molar-refractivity contribution in [1.82, 2.24) is 0 Å². The molecule has 0 aliphatic rings. The quantitative estimate of drug-likeness (QED) is 0.478. The summed E-state index contributed by atoms with van der Waals surface area (Å²) in [6, 6.07) is 3.51. The molecule has 0 atom stereocenters. The van der Waals surface area contributed by atoms with Gasteiger partial charge in [0.15, 0.2) is 0 Å². The Hall–Kier alpha value is -2.11. The van der Waals surface area contributed by atoms with Crippen molar-refractivity contribution in [2.45, 2.75) is 26.7 Å². The van der Waals surface area contributed by atoms with Gasteiger partial charge in [0, 0.05) is 18.6 Å². The van der Waals surface area contributed by atoms with Gasteiger partial charge in [0.1, 0.15) is 5.75 Å². The van der Waals surface area contributed by atoms with Crippen LogP contribution in [0, 0.1) is 16.0 Å². The number of aromatic hydroxyl groups is 1. The molecule has 6 nitrogen and oxygen atoms in total. The van der Waals surface area contributed by atoms with E-state index in [2.05, 4.69) is 5.32 Å². The summed E-state index contributed by atoms with van der Waals surface area (Å²) in [6.07, 6.45) is 1.04. The van der Waals surface area contributed by atoms with E-state index in [1.807, 2.05) is 13.8 Å². The standard InChI is InChI=1S/C12H16N2O4/c1-8(2)3-6-12(16)13-10-7-9(14(17)18)4-5-11(10)15/h4-5,7-8,15H,3,6H2,1-2H3,(H,13,16). The molecule has 0 fully saturated rings. The number of nitro groups is 1. The molecular formula is C12H16N2O4. The molecule has 1 aromatic carbocycles. The highest BCUT2D eigenvalue weighted by atomic mass is 16.6. The van der Waals surface area contributed by atoms with Crippen LogP contribution in [0.4, 0.5) is 11.4 Å². The molecule has 0 aliphatic heterocycles. The first-order valence-electron chi connectivity index (χ1n) is 5.67. The van der Waals surface area contributed by atoms with Gasteiger partial charge in [-0.1, -0.05) is 13.8 Å². The maximum Gasteiger partial charge on any atom is 0.271 e. The summed E-state index contributed by atoms with van der Waals surface area (Å²) in [5.74, 6) is -0.0487. The monoisotopic (exact) mass is 252 g/mol. The van der Waals surface area contributed by atoms with Crippen molar-refractivity contribution in [3.8, 4) is 5.75 Å². The van der Waals surface area contributed by atoms with Gasteiger partial charge in [0.05, 0.1) is 10.6 Å². The van der Waals surface area contributed by atoms with E-state index in [0.717, 1.165) is 12.5 Å². The van der Waals surface area contributed by atoms with Crippen LogP contribution in [0.5, 0.6) is 5.75 Å². The van der Waals surface area contributed by atoms with Crippen LogP contribution in [-0.4, -0.2) is 15.9 Å². The van der Waals surface area contributed by atoms with E-state index < -0.39 is 4.92 Å². The third-order valence-electron chi connectivity index (χ3n) is 2.41. The van der Waals surface area contributed by atoms with Crippen LogP contribution in [0.2, 0.25) is 0 Å². The number of hydrogen-bond acceptors (Lipinski definition) is 4. The lowest BCUT2D eigenvalue weighted by atomic mass is 10.1. The Kier molecular flexibility index (Phi) is 4.65. The van der Waals surface area contributed by atoms with Crippen molar-refractivity contribution in [2.24, 2.45) is 5.92 Å². The fourth-order valence-electron chi connectivity index (χ4n) is 1.37. The van der Waals surface area contributed by atoms with Gasteiger partial charge in [0.25, 0.3) is 5.69 Å². The Morgan fingerprint density at radius 2 is 2.17 bits per heavy atom. The van der Waals surface area contributed by atoms with Gasteiger partial charge < -0.3 is 10.4 Å². The minimum atomic E-state index is -0.580. The lowest BCUT2D eigenvalue weighted by Crippen LogP contribution is -2.12. The predicted octanol–water partition coefficient (Wildman–Crippen LogP) is 2.68. The molecule has 18 heavy (non-hydrogen) atoms. The van der Waals surface area contributed by atoms with Gasteiger partial charge in [-0.15, -0.1) is 0 Å². The zero-order valence-corrected chi connectivity index (χ0v) is 10.3. The normalized spacial score (nSPS) is 10.4. The topological polar surface area (TPSA) is 92.5 Å². The van der Waals surface area contributed by atoms with Gasteiger partial charge in [0.2, 0.25) is 5.91 Å². The Morgan fingerprint density at radius 1 is 1.50 bits per heavy atom. The molecule has 0 saturated heterocycles. The Labute approximate surface area is 105 Å². The highest BCUT2D eigenvalue weighted by Gasteiger charge is 2.12. The molecule has 0 saturated carbocycles. The number of phenols is 1. The lowest BCUT2D eigenvalue weighted by Gasteiger charge is -2.08. The van der Waals surface area contributed by atoms with Crippen molar-refractivity contribution in [2.75, 3.05) is 5.32 Å². The number of non-ortho nitro benzene ring substituents is 1. The molecule has 0 spiro atoms. The van der Waals surface area contributed by atoms with Crippen molar-refractivity contribution in [1.29, 1.82) is 0 Å². The van der Waals surface area contributed by atoms with Crippen LogP contribution >= 0.6 is 0 Å². The Morgan fingerprint density at radius 3 is 2.72 bits per heavy atom. The number of hydrogen-bond donors (Lipinski definition) is 2. The molecule has 98 valence electrons. The molecule has 0 bridgehead atoms. The largest absolute Gasteiger partial charge is 0.506 e. The number of anilines is 1. The second-order valence-electron chi connectivity index (χ2n) is 4.44. The molecular weight excluding hydrogens is 236 g/mol. The van der Waals surface area contributed by atoms with Crippen LogP contribution in [0.15, 0.2) is 18.2 Å². The van der Waals surface area contributed by atoms with E-state index in [9.17, 15) is 20.0 Å². The van der Waals surface area contributed by atoms with E-state index in [-0.39, 0.29) is 23.0 Å². The molecule has 1 amide bonds. The van der Waals surface area contributed by atoms with Crippen molar-refractivity contribution in [3.05, 3.63) is 28.3 Å². The molecule has 0 aliphatic carbocycles. The van der Waals surface area contributed by atoms with E-state index in [4.69, 9.17) is 0 Å². The summed E-state index contributed by atoms with van der Waals surface area (Å²) in [6.45, 7) is 4.00. The Balaban J connectivity index is 2.74. The predicted molar refractivity (Wildman–Crippen MR) is 67.5 cm³/mol. The van der Waals surface area contributed by atoms with Crippen LogP contribution in [0.25, 0.3) is 0 Å². The fourth-order valence-corrected chi connectivity index (χ4v) is 1.37. The lowest BCUT2D eigenvalue weighted by molar-refractivity contribution is -0.384. The third kappa shape index (κ3) is 4.04. The number of nitrogens with zero attached hydrogens (tertiary/aromatic N) is 1. The summed E-state index contributed by atoms with van der Waals surface area (Å²) >= 11 is 0. The number of benzene rings is 1. The highest BCUT2D eigenvalue weighted by molar-refractivity contribution is 5.92. The number of carbonyl (C=O) groups excluding carboxylic acids is 1. The number of phenolic OH excluding ortho intramolecular Hbond substituents is 1. The summed E-state index contributed by atoms with van der Waals surface area (Å²) < 4.78 is 0. The summed E-state index contributed by atoms with van der Waals surface area (Å²) in [5, 5.41) is 22.5. The maximum absolute atomic E-state index is 11.6. The van der Waals surface area contributed by atoms with E-state index in [0.29, 0.717) is 12.3 Å². The molecule has 1 aromatic rings. The van der Waals surface area contributed by atoms with Gasteiger partial charge in [-0.2, -0.15) is 0 Å². The number of rotatable bonds is 5. The number of amides is 1. The van der Waals surface area contributed by atoms with Crippen molar-refractivity contribution >= 4 is 17.3 Å². The molecule has 1 rings (SSSR count). The van der Waals surface area contributed by atoms with Gasteiger partial charge >= 0.3 is 0 Å². The van der Waals surface area contributed by atoms with Crippen molar-refractivity contribution in [3.63, 3.8) is 0 Å². The fraction of sp³-hybridized carbons (Fsp3) is 0.417. The summed E-state index contributed by atoms with van der Waals surface area (Å²) in [4.78, 5) is 21.6. The summed E-state index contributed by atoms with van der Waals surface area (Å²) in [5.41, 5.74) is -0.107. The second kappa shape index (κ2) is 6.00. The van der Waals surface area contributed by atoms with E-state index in [1.54, 1.807) is 0 Å². The minimum Gasteiger partial charge on any atom is -0.506 e. The highest BCUT2D eigenvalue weighted by Crippen LogP contribution is 2.27. The zero-order valence-electron chi connectivity index (χ0n) is 10.3. The number of carbonyl (C=O) groups is 1. The van der Waals surface area contributed by atoms with Crippen molar-refractivity contribution < 1.29 is 14.8 Å². The zero-order chi connectivity index (χ0) is 13.7. The van der Waals surface area contributed by atoms with E-state index >= 15 is 0 Å². The number of nitro benzene ring substituents is 1. The molecule has 2 N–H and O–H groups in total. The molecule has 6 heteroatoms. The first-order valence-corrected chi connectivity index (χ1v) is 5.67. The molecule has 0 heterocycles. The first kappa shape index (κ1) is 14.0. The Bertz CT molecular complexity index is 457. The molecule has 0 unspecified atom stereocenters. The molecule has 0 radical (unpaired) electrons. The summed E-state index contributed by atoms with van der Waals surface area (Å²) in [7, 11) is 0. The van der Waals surface area contributed by atoms with Crippen LogP contribution in [0.1, 0.15) is 26.7 Å². The minimum absolute atomic E-state index is 0.0676. The SMILES string of the molecule is CC(C)CCC(=O)Nc1cc([N+](=O)[O-])ccc1O. The van der Waals surface area contributed by atoms with Gasteiger partial charge in [-0.3, -0.25) is 14.9 Å². The van der Waals surface area contributed by atoms with Gasteiger partial charge in [-0.25, -0.2) is 0 Å². The first-order chi connectivity index (χ1) is 8.40. The molecule has 0 aromatic heterocycles. The smallest absolute Gasteiger partial charge is 0.271 e. The van der Waals surface area contributed by atoms with Crippen LogP contribution in [0.3, 0.4) is 0 Å². The average Bonchev–Trinajstić information content (AvgIpc) is 2.29. The van der Waals surface area contributed by atoms with E-state index in [1.165, 1.54) is 12.1 Å². The second-order valence-corrected chi connectivity index (χ2v) is 4.44. The van der Waals surface area contributed by atoms with Crippen LogP contribution < -0.4 is 5.32 Å². The van der Waals surface area contributed by atoms with Gasteiger partial charge in [-0.05, 0) is 18.4 Å². The number of nitrogens with one attached hydrogen (secondary N) is 1.